The van der Waals surface area contributed by atoms with Crippen molar-refractivity contribution in [3.63, 3.8) is 0 Å². The van der Waals surface area contributed by atoms with E-state index in [2.05, 4.69) is 23.6 Å². The van der Waals surface area contributed by atoms with Crippen LogP contribution in [0.25, 0.3) is 22.4 Å². The Labute approximate surface area is 135 Å². The summed E-state index contributed by atoms with van der Waals surface area (Å²) in [7, 11) is 0. The van der Waals surface area contributed by atoms with Crippen LogP contribution in [-0.4, -0.2) is 9.55 Å². The molecule has 2 aromatic carbocycles. The van der Waals surface area contributed by atoms with Gasteiger partial charge in [0.25, 0.3) is 0 Å². The van der Waals surface area contributed by atoms with Crippen LogP contribution in [0.1, 0.15) is 30.9 Å². The zero-order valence-electron chi connectivity index (χ0n) is 13.0. The van der Waals surface area contributed by atoms with Crippen LogP contribution in [0.5, 0.6) is 0 Å². The summed E-state index contributed by atoms with van der Waals surface area (Å²) in [6.45, 7) is 3.04. The third-order valence-electron chi connectivity index (χ3n) is 3.88. The molecule has 3 rings (SSSR count). The molecule has 0 radical (unpaired) electrons. The summed E-state index contributed by atoms with van der Waals surface area (Å²) in [5, 5.41) is 18.0. The molecule has 0 amide bonds. The monoisotopic (exact) mass is 300 g/mol. The van der Waals surface area contributed by atoms with E-state index in [0.29, 0.717) is 11.1 Å². The number of benzene rings is 2. The average molecular weight is 300 g/mol. The van der Waals surface area contributed by atoms with E-state index in [1.165, 1.54) is 0 Å². The van der Waals surface area contributed by atoms with Gasteiger partial charge in [0, 0.05) is 12.1 Å². The number of aromatic nitrogens is 2. The van der Waals surface area contributed by atoms with Crippen molar-refractivity contribution in [2.45, 2.75) is 26.3 Å². The zero-order valence-corrected chi connectivity index (χ0v) is 13.0. The summed E-state index contributed by atoms with van der Waals surface area (Å²) in [4.78, 5) is 4.73. The molecule has 4 heteroatoms. The molecule has 0 saturated heterocycles. The van der Waals surface area contributed by atoms with Gasteiger partial charge in [-0.1, -0.05) is 13.3 Å². The van der Waals surface area contributed by atoms with Crippen LogP contribution in [0.4, 0.5) is 0 Å². The van der Waals surface area contributed by atoms with Crippen molar-refractivity contribution in [1.29, 1.82) is 10.5 Å². The Bertz CT molecular complexity index is 921. The summed E-state index contributed by atoms with van der Waals surface area (Å²) in [5.74, 6) is 0.882. The average Bonchev–Trinajstić information content (AvgIpc) is 2.97. The first-order valence-electron chi connectivity index (χ1n) is 7.67. The molecule has 0 spiro atoms. The Hall–Kier alpha value is -3.11. The molecule has 0 aliphatic carbocycles. The lowest BCUT2D eigenvalue weighted by atomic mass is 10.1. The van der Waals surface area contributed by atoms with Crippen LogP contribution in [0.3, 0.4) is 0 Å². The van der Waals surface area contributed by atoms with Crippen LogP contribution in [0.2, 0.25) is 0 Å². The molecule has 0 aliphatic heterocycles. The molecule has 1 heterocycles. The van der Waals surface area contributed by atoms with Gasteiger partial charge in [-0.05, 0) is 48.9 Å². The predicted octanol–water partition coefficient (Wildman–Crippen LogP) is 4.25. The van der Waals surface area contributed by atoms with E-state index < -0.39 is 0 Å². The molecule has 1 aromatic heterocycles. The van der Waals surface area contributed by atoms with Crippen molar-refractivity contribution >= 4 is 11.0 Å². The molecule has 0 unspecified atom stereocenters. The molecule has 0 N–H and O–H groups in total. The smallest absolute Gasteiger partial charge is 0.141 e. The lowest BCUT2D eigenvalue weighted by Gasteiger charge is -2.08. The maximum absolute atomic E-state index is 9.07. The standard InChI is InChI=1S/C19H16N4/c1-2-3-10-23-18-9-6-15(13-21)11-17(18)22-19(23)16-7-4-14(12-20)5-8-16/h4-9,11H,2-3,10H2,1H3. The summed E-state index contributed by atoms with van der Waals surface area (Å²) in [6, 6.07) is 17.4. The van der Waals surface area contributed by atoms with Crippen molar-refractivity contribution in [3.8, 4) is 23.5 Å². The van der Waals surface area contributed by atoms with Gasteiger partial charge in [0.05, 0.1) is 34.3 Å². The van der Waals surface area contributed by atoms with Crippen molar-refractivity contribution in [1.82, 2.24) is 9.55 Å². The van der Waals surface area contributed by atoms with Gasteiger partial charge >= 0.3 is 0 Å². The number of hydrogen-bond acceptors (Lipinski definition) is 3. The second-order valence-corrected chi connectivity index (χ2v) is 5.45. The minimum atomic E-state index is 0.615. The van der Waals surface area contributed by atoms with Crippen molar-refractivity contribution in [2.24, 2.45) is 0 Å². The molecular weight excluding hydrogens is 284 g/mol. The fourth-order valence-electron chi connectivity index (χ4n) is 2.66. The molecule has 0 atom stereocenters. The first kappa shape index (κ1) is 14.8. The van der Waals surface area contributed by atoms with Gasteiger partial charge in [-0.25, -0.2) is 4.98 Å². The van der Waals surface area contributed by atoms with E-state index in [9.17, 15) is 0 Å². The molecule has 23 heavy (non-hydrogen) atoms. The van der Waals surface area contributed by atoms with Gasteiger partial charge in [0.1, 0.15) is 5.82 Å². The second-order valence-electron chi connectivity index (χ2n) is 5.45. The molecule has 0 saturated carbocycles. The van der Waals surface area contributed by atoms with Gasteiger partial charge in [-0.3, -0.25) is 0 Å². The van der Waals surface area contributed by atoms with E-state index in [0.717, 1.165) is 41.8 Å². The fraction of sp³-hybridized carbons (Fsp3) is 0.211. The lowest BCUT2D eigenvalue weighted by molar-refractivity contribution is 0.651. The van der Waals surface area contributed by atoms with Crippen molar-refractivity contribution in [2.75, 3.05) is 0 Å². The van der Waals surface area contributed by atoms with Gasteiger partial charge in [-0.15, -0.1) is 0 Å². The highest BCUT2D eigenvalue weighted by atomic mass is 15.1. The SMILES string of the molecule is CCCCn1c(-c2ccc(C#N)cc2)nc2cc(C#N)ccc21. The van der Waals surface area contributed by atoms with Gasteiger partial charge in [0.15, 0.2) is 0 Å². The number of nitrogens with zero attached hydrogens (tertiary/aromatic N) is 4. The minimum Gasteiger partial charge on any atom is -0.324 e. The zero-order chi connectivity index (χ0) is 16.2. The Morgan fingerprint density at radius 1 is 1.00 bits per heavy atom. The highest BCUT2D eigenvalue weighted by molar-refractivity contribution is 5.82. The molecule has 112 valence electrons. The molecule has 0 fully saturated rings. The van der Waals surface area contributed by atoms with Gasteiger partial charge in [0.2, 0.25) is 0 Å². The fourth-order valence-corrected chi connectivity index (χ4v) is 2.66. The minimum absolute atomic E-state index is 0.615. The number of unbranched alkanes of at least 4 members (excludes halogenated alkanes) is 1. The Morgan fingerprint density at radius 2 is 1.70 bits per heavy atom. The summed E-state index contributed by atoms with van der Waals surface area (Å²) in [5.41, 5.74) is 4.10. The van der Waals surface area contributed by atoms with Gasteiger partial charge < -0.3 is 4.57 Å². The van der Waals surface area contributed by atoms with Crippen molar-refractivity contribution in [3.05, 3.63) is 53.6 Å². The highest BCUT2D eigenvalue weighted by Gasteiger charge is 2.13. The van der Waals surface area contributed by atoms with E-state index in [4.69, 9.17) is 15.5 Å². The maximum Gasteiger partial charge on any atom is 0.141 e. The largest absolute Gasteiger partial charge is 0.324 e. The number of imidazole rings is 1. The number of fused-ring (bicyclic) bond motifs is 1. The van der Waals surface area contributed by atoms with E-state index >= 15 is 0 Å². The molecule has 4 nitrogen and oxygen atoms in total. The third-order valence-corrected chi connectivity index (χ3v) is 3.88. The van der Waals surface area contributed by atoms with Crippen LogP contribution in [0, 0.1) is 22.7 Å². The van der Waals surface area contributed by atoms with Crippen molar-refractivity contribution < 1.29 is 0 Å². The third kappa shape index (κ3) is 2.80. The molecular formula is C19H16N4. The summed E-state index contributed by atoms with van der Waals surface area (Å²) >= 11 is 0. The first-order chi connectivity index (χ1) is 11.3. The van der Waals surface area contributed by atoms with Crippen LogP contribution < -0.4 is 0 Å². The number of nitriles is 2. The quantitative estimate of drug-likeness (QED) is 0.723. The van der Waals surface area contributed by atoms with E-state index in [1.54, 1.807) is 12.1 Å². The molecule has 3 aromatic rings. The normalized spacial score (nSPS) is 10.4. The highest BCUT2D eigenvalue weighted by Crippen LogP contribution is 2.26. The maximum atomic E-state index is 9.07. The lowest BCUT2D eigenvalue weighted by Crippen LogP contribution is -2.00. The molecule has 0 bridgehead atoms. The Balaban J connectivity index is 2.17. The predicted molar refractivity (Wildman–Crippen MR) is 89.5 cm³/mol. The Morgan fingerprint density at radius 3 is 2.35 bits per heavy atom. The topological polar surface area (TPSA) is 65.4 Å². The van der Waals surface area contributed by atoms with Gasteiger partial charge in [-0.2, -0.15) is 10.5 Å². The molecule has 0 aliphatic rings. The number of rotatable bonds is 4. The number of hydrogen-bond donors (Lipinski definition) is 0. The van der Waals surface area contributed by atoms with E-state index in [-0.39, 0.29) is 0 Å². The summed E-state index contributed by atoms with van der Waals surface area (Å²) < 4.78 is 2.20. The van der Waals surface area contributed by atoms with Crippen LogP contribution >= 0.6 is 0 Å². The van der Waals surface area contributed by atoms with E-state index in [1.807, 2.05) is 30.3 Å². The van der Waals surface area contributed by atoms with Crippen LogP contribution in [0.15, 0.2) is 42.5 Å². The summed E-state index contributed by atoms with van der Waals surface area (Å²) in [6.07, 6.45) is 2.16. The van der Waals surface area contributed by atoms with Crippen LogP contribution in [-0.2, 0) is 6.54 Å². The Kier molecular flexibility index (Phi) is 4.08. The second kappa shape index (κ2) is 6.34. The number of aryl methyl sites for hydroxylation is 1. The first-order valence-corrected chi connectivity index (χ1v) is 7.67.